The Morgan fingerprint density at radius 1 is 1.24 bits per heavy atom. The molecule has 29 heavy (non-hydrogen) atoms. The fourth-order valence-electron chi connectivity index (χ4n) is 3.45. The molecule has 8 nitrogen and oxygen atoms in total. The Balaban J connectivity index is 1.36. The van der Waals surface area contributed by atoms with Gasteiger partial charge >= 0.3 is 0 Å². The van der Waals surface area contributed by atoms with E-state index >= 15 is 0 Å². The lowest BCUT2D eigenvalue weighted by molar-refractivity contribution is -0.118. The average molecular weight is 417 g/mol. The maximum absolute atomic E-state index is 12.7. The van der Waals surface area contributed by atoms with Crippen LogP contribution < -0.4 is 10.6 Å². The summed E-state index contributed by atoms with van der Waals surface area (Å²) < 4.78 is 32.0. The molecule has 1 unspecified atom stereocenters. The number of carbonyl (C=O) groups excluding carboxylic acids is 1. The molecule has 3 aliphatic rings. The third kappa shape index (κ3) is 4.07. The van der Waals surface area contributed by atoms with E-state index < -0.39 is 10.0 Å². The van der Waals surface area contributed by atoms with Gasteiger partial charge in [-0.2, -0.15) is 4.31 Å². The number of morpholine rings is 1. The molecule has 3 aliphatic heterocycles. The van der Waals surface area contributed by atoms with Gasteiger partial charge in [-0.05, 0) is 36.8 Å². The highest BCUT2D eigenvalue weighted by Crippen LogP contribution is 2.22. The van der Waals surface area contributed by atoms with Crippen molar-refractivity contribution in [1.29, 1.82) is 0 Å². The number of fused-ring (bicyclic) bond motifs is 1. The minimum Gasteiger partial charge on any atom is -0.379 e. The summed E-state index contributed by atoms with van der Waals surface area (Å²) in [6, 6.07) is 6.61. The normalized spacial score (nSPS) is 21.8. The fourth-order valence-corrected chi connectivity index (χ4v) is 4.86. The van der Waals surface area contributed by atoms with Crippen molar-refractivity contribution in [3.8, 4) is 0 Å². The molecule has 3 heterocycles. The SMILES string of the molecule is CC1=CC=CC2NC(C(=O)NCc3ccc(S(=O)(=O)N4CCOCC4)cc3)=CN12. The van der Waals surface area contributed by atoms with Crippen LogP contribution in [0.25, 0.3) is 0 Å². The van der Waals surface area contributed by atoms with Crippen molar-refractivity contribution in [2.75, 3.05) is 26.3 Å². The van der Waals surface area contributed by atoms with Crippen molar-refractivity contribution in [1.82, 2.24) is 19.8 Å². The predicted molar refractivity (Wildman–Crippen MR) is 108 cm³/mol. The van der Waals surface area contributed by atoms with E-state index in [9.17, 15) is 13.2 Å². The molecule has 1 amide bonds. The molecule has 0 spiro atoms. The summed E-state index contributed by atoms with van der Waals surface area (Å²) in [7, 11) is -3.51. The number of benzene rings is 1. The van der Waals surface area contributed by atoms with Crippen molar-refractivity contribution in [2.45, 2.75) is 24.5 Å². The maximum atomic E-state index is 12.7. The Morgan fingerprint density at radius 2 is 1.97 bits per heavy atom. The number of allylic oxidation sites excluding steroid dienone is 3. The summed E-state index contributed by atoms with van der Waals surface area (Å²) in [4.78, 5) is 14.7. The van der Waals surface area contributed by atoms with Crippen LogP contribution in [-0.4, -0.2) is 56.0 Å². The second kappa shape index (κ2) is 8.02. The lowest BCUT2D eigenvalue weighted by Gasteiger charge is -2.26. The van der Waals surface area contributed by atoms with E-state index in [-0.39, 0.29) is 17.0 Å². The van der Waals surface area contributed by atoms with Crippen LogP contribution in [0.15, 0.2) is 65.0 Å². The first kappa shape index (κ1) is 19.7. The molecule has 0 aromatic heterocycles. The van der Waals surface area contributed by atoms with Crippen molar-refractivity contribution >= 4 is 15.9 Å². The van der Waals surface area contributed by atoms with Gasteiger partial charge < -0.3 is 20.3 Å². The molecule has 0 radical (unpaired) electrons. The molecule has 154 valence electrons. The molecule has 1 fully saturated rings. The summed E-state index contributed by atoms with van der Waals surface area (Å²) in [5, 5.41) is 6.05. The molecule has 1 aromatic rings. The Morgan fingerprint density at radius 3 is 2.66 bits per heavy atom. The highest BCUT2D eigenvalue weighted by atomic mass is 32.2. The summed E-state index contributed by atoms with van der Waals surface area (Å²) in [6.07, 6.45) is 7.70. The number of amides is 1. The van der Waals surface area contributed by atoms with Crippen LogP contribution in [0.5, 0.6) is 0 Å². The van der Waals surface area contributed by atoms with E-state index in [1.807, 2.05) is 30.1 Å². The highest BCUT2D eigenvalue weighted by Gasteiger charge is 2.28. The van der Waals surface area contributed by atoms with E-state index in [4.69, 9.17) is 4.74 Å². The minimum absolute atomic E-state index is 0.0366. The van der Waals surface area contributed by atoms with Crippen LogP contribution in [0.3, 0.4) is 0 Å². The number of ether oxygens (including phenoxy) is 1. The first-order valence-electron chi connectivity index (χ1n) is 9.52. The molecule has 0 saturated carbocycles. The summed E-state index contributed by atoms with van der Waals surface area (Å²) in [5.41, 5.74) is 2.39. The monoisotopic (exact) mass is 416 g/mol. The van der Waals surface area contributed by atoms with Crippen LogP contribution in [-0.2, 0) is 26.1 Å². The number of hydrogen-bond donors (Lipinski definition) is 2. The van der Waals surface area contributed by atoms with Crippen molar-refractivity contribution in [3.63, 3.8) is 0 Å². The Hall–Kier alpha value is -2.62. The van der Waals surface area contributed by atoms with Gasteiger partial charge in [0.25, 0.3) is 5.91 Å². The fraction of sp³-hybridized carbons (Fsp3) is 0.350. The maximum Gasteiger partial charge on any atom is 0.269 e. The van der Waals surface area contributed by atoms with Crippen LogP contribution in [0.4, 0.5) is 0 Å². The van der Waals surface area contributed by atoms with Gasteiger partial charge in [-0.3, -0.25) is 4.79 Å². The zero-order valence-corrected chi connectivity index (χ0v) is 17.0. The first-order chi connectivity index (χ1) is 13.9. The van der Waals surface area contributed by atoms with Gasteiger partial charge in [0.1, 0.15) is 11.9 Å². The van der Waals surface area contributed by atoms with Gasteiger partial charge in [0.15, 0.2) is 0 Å². The Bertz CT molecular complexity index is 976. The van der Waals surface area contributed by atoms with Crippen molar-refractivity contribution in [2.24, 2.45) is 0 Å². The summed E-state index contributed by atoms with van der Waals surface area (Å²) in [5.74, 6) is -0.203. The largest absolute Gasteiger partial charge is 0.379 e. The summed E-state index contributed by atoms with van der Waals surface area (Å²) in [6.45, 7) is 3.86. The molecule has 1 atom stereocenters. The molecule has 1 saturated heterocycles. The number of nitrogens with zero attached hydrogens (tertiary/aromatic N) is 2. The second-order valence-corrected chi connectivity index (χ2v) is 9.01. The predicted octanol–water partition coefficient (Wildman–Crippen LogP) is 0.870. The number of hydrogen-bond acceptors (Lipinski definition) is 6. The molecule has 9 heteroatoms. The standard InChI is InChI=1S/C20H24N4O4S/c1-15-3-2-4-19-22-18(14-24(15)19)20(25)21-13-16-5-7-17(8-6-16)29(26,27)23-9-11-28-12-10-23/h2-8,14,19,22H,9-13H2,1H3,(H,21,25). The smallest absolute Gasteiger partial charge is 0.269 e. The molecule has 4 rings (SSSR count). The number of carbonyl (C=O) groups is 1. The molecule has 2 N–H and O–H groups in total. The third-order valence-electron chi connectivity index (χ3n) is 5.14. The van der Waals surface area contributed by atoms with E-state index in [1.165, 1.54) is 4.31 Å². The van der Waals surface area contributed by atoms with Gasteiger partial charge in [-0.1, -0.05) is 18.2 Å². The van der Waals surface area contributed by atoms with Crippen molar-refractivity contribution < 1.29 is 17.9 Å². The quantitative estimate of drug-likeness (QED) is 0.740. The third-order valence-corrected chi connectivity index (χ3v) is 7.05. The number of rotatable bonds is 5. The zero-order chi connectivity index (χ0) is 20.4. The van der Waals surface area contributed by atoms with E-state index in [1.54, 1.807) is 30.5 Å². The lowest BCUT2D eigenvalue weighted by atomic mass is 10.2. The van der Waals surface area contributed by atoms with Crippen LogP contribution in [0.2, 0.25) is 0 Å². The zero-order valence-electron chi connectivity index (χ0n) is 16.2. The highest BCUT2D eigenvalue weighted by molar-refractivity contribution is 7.89. The lowest BCUT2D eigenvalue weighted by Crippen LogP contribution is -2.40. The number of nitrogens with one attached hydrogen (secondary N) is 2. The van der Waals surface area contributed by atoms with Gasteiger partial charge in [0.05, 0.1) is 18.1 Å². The van der Waals surface area contributed by atoms with Crippen LogP contribution in [0.1, 0.15) is 12.5 Å². The van der Waals surface area contributed by atoms with Gasteiger partial charge in [0, 0.05) is 31.5 Å². The number of sulfonamides is 1. The van der Waals surface area contributed by atoms with Gasteiger partial charge in [-0.15, -0.1) is 0 Å². The van der Waals surface area contributed by atoms with Crippen LogP contribution >= 0.6 is 0 Å². The topological polar surface area (TPSA) is 91.0 Å². The van der Waals surface area contributed by atoms with Gasteiger partial charge in [-0.25, -0.2) is 8.42 Å². The van der Waals surface area contributed by atoms with Crippen LogP contribution in [0, 0.1) is 0 Å². The Labute approximate surface area is 170 Å². The van der Waals surface area contributed by atoms with E-state index in [0.717, 1.165) is 11.3 Å². The second-order valence-electron chi connectivity index (χ2n) is 7.08. The first-order valence-corrected chi connectivity index (χ1v) is 11.0. The average Bonchev–Trinajstić information content (AvgIpc) is 3.19. The Kier molecular flexibility index (Phi) is 5.44. The minimum atomic E-state index is -3.51. The molecular formula is C20H24N4O4S. The molecular weight excluding hydrogens is 392 g/mol. The van der Waals surface area contributed by atoms with E-state index in [2.05, 4.69) is 10.6 Å². The molecule has 1 aromatic carbocycles. The summed E-state index contributed by atoms with van der Waals surface area (Å²) >= 11 is 0. The van der Waals surface area contributed by atoms with E-state index in [0.29, 0.717) is 38.5 Å². The van der Waals surface area contributed by atoms with Gasteiger partial charge in [0.2, 0.25) is 10.0 Å². The molecule has 0 bridgehead atoms. The van der Waals surface area contributed by atoms with Crippen molar-refractivity contribution in [3.05, 3.63) is 65.7 Å². The molecule has 0 aliphatic carbocycles.